The van der Waals surface area contributed by atoms with Crippen LogP contribution >= 0.6 is 0 Å². The van der Waals surface area contributed by atoms with E-state index in [4.69, 9.17) is 0 Å². The summed E-state index contributed by atoms with van der Waals surface area (Å²) >= 11 is 0. The molecular weight excluding hydrogens is 460 g/mol. The van der Waals surface area contributed by atoms with Crippen LogP contribution in [0.15, 0.2) is 95.4 Å². The molecule has 12 nitrogen and oxygen atoms in total. The van der Waals surface area contributed by atoms with Gasteiger partial charge in [0.1, 0.15) is 11.0 Å². The maximum Gasteiger partial charge on any atom is 0.280 e. The minimum Gasteiger partial charge on any atom is -0.267 e. The molecule has 2 aromatic carbocycles. The van der Waals surface area contributed by atoms with E-state index in [-0.39, 0.29) is 23.5 Å². The zero-order valence-corrected chi connectivity index (χ0v) is 18.4. The molecule has 4 aromatic heterocycles. The van der Waals surface area contributed by atoms with Crippen LogP contribution in [0.5, 0.6) is 0 Å². The standard InChI is InChI=1S/C24H14N10O2/c35-23(33-19-7-3-1-5-17(19)27-31-33)15-9-11-25-21(13-15)29-30-22-14-16(10-12-26-22)24(36)34-20-8-4-2-6-18(20)28-32-34/h1-14H. The Balaban J connectivity index is 1.25. The third kappa shape index (κ3) is 3.77. The summed E-state index contributed by atoms with van der Waals surface area (Å²) in [5.41, 5.74) is 3.02. The molecule has 0 atom stereocenters. The lowest BCUT2D eigenvalue weighted by Gasteiger charge is -2.02. The molecule has 0 bridgehead atoms. The van der Waals surface area contributed by atoms with Gasteiger partial charge in [0.15, 0.2) is 11.6 Å². The lowest BCUT2D eigenvalue weighted by molar-refractivity contribution is 0.0940. The molecule has 172 valence electrons. The lowest BCUT2D eigenvalue weighted by Crippen LogP contribution is -2.13. The predicted octanol–water partition coefficient (Wildman–Crippen LogP) is 3.76. The topological polar surface area (TPSA) is 146 Å². The second kappa shape index (κ2) is 8.68. The highest BCUT2D eigenvalue weighted by Crippen LogP contribution is 2.19. The van der Waals surface area contributed by atoms with Crippen molar-refractivity contribution in [3.05, 3.63) is 96.3 Å². The second-order valence-corrected chi connectivity index (χ2v) is 7.60. The fourth-order valence-electron chi connectivity index (χ4n) is 3.60. The fraction of sp³-hybridized carbons (Fsp3) is 0. The van der Waals surface area contributed by atoms with Crippen molar-refractivity contribution in [2.24, 2.45) is 10.2 Å². The Morgan fingerprint density at radius 2 is 1.06 bits per heavy atom. The number of aromatic nitrogens is 8. The third-order valence-electron chi connectivity index (χ3n) is 5.33. The predicted molar refractivity (Wildman–Crippen MR) is 127 cm³/mol. The van der Waals surface area contributed by atoms with Crippen molar-refractivity contribution in [3.63, 3.8) is 0 Å². The van der Waals surface area contributed by atoms with Crippen molar-refractivity contribution in [1.82, 2.24) is 40.0 Å². The number of rotatable bonds is 4. The summed E-state index contributed by atoms with van der Waals surface area (Å²) in [6, 6.07) is 20.4. The van der Waals surface area contributed by atoms with E-state index in [1.54, 1.807) is 48.5 Å². The molecule has 4 heterocycles. The first-order valence-corrected chi connectivity index (χ1v) is 10.7. The van der Waals surface area contributed by atoms with Gasteiger partial charge in [-0.05, 0) is 48.5 Å². The van der Waals surface area contributed by atoms with E-state index in [2.05, 4.69) is 40.8 Å². The molecule has 0 aliphatic heterocycles. The highest BCUT2D eigenvalue weighted by atomic mass is 16.2. The zero-order valence-electron chi connectivity index (χ0n) is 18.4. The summed E-state index contributed by atoms with van der Waals surface area (Å²) in [5.74, 6) is -0.390. The Hall–Kier alpha value is -5.52. The molecule has 0 aliphatic carbocycles. The Labute approximate surface area is 201 Å². The van der Waals surface area contributed by atoms with Crippen LogP contribution in [0, 0.1) is 0 Å². The van der Waals surface area contributed by atoms with E-state index in [0.29, 0.717) is 33.2 Å². The highest BCUT2D eigenvalue weighted by Gasteiger charge is 2.16. The average molecular weight is 474 g/mol. The van der Waals surface area contributed by atoms with Gasteiger partial charge in [-0.15, -0.1) is 20.4 Å². The van der Waals surface area contributed by atoms with Gasteiger partial charge in [-0.3, -0.25) is 9.59 Å². The minimum absolute atomic E-state index is 0.186. The van der Waals surface area contributed by atoms with Gasteiger partial charge in [0.2, 0.25) is 0 Å². The van der Waals surface area contributed by atoms with Crippen LogP contribution in [0.3, 0.4) is 0 Å². The number of pyridine rings is 2. The van der Waals surface area contributed by atoms with Gasteiger partial charge in [0.25, 0.3) is 11.8 Å². The van der Waals surface area contributed by atoms with E-state index < -0.39 is 0 Å². The molecule has 0 fully saturated rings. The number of para-hydroxylation sites is 2. The van der Waals surface area contributed by atoms with Crippen molar-refractivity contribution in [3.8, 4) is 0 Å². The van der Waals surface area contributed by atoms with Crippen LogP contribution in [0.4, 0.5) is 11.6 Å². The summed E-state index contributed by atoms with van der Waals surface area (Å²) in [5, 5.41) is 24.1. The van der Waals surface area contributed by atoms with Gasteiger partial charge >= 0.3 is 0 Å². The van der Waals surface area contributed by atoms with Gasteiger partial charge in [0.05, 0.1) is 11.0 Å². The number of carbonyl (C=O) groups is 2. The SMILES string of the molecule is O=C(c1ccnc(N=Nc2cc(C(=O)n3nnc4ccccc43)ccn2)c1)n1nnc2ccccc21. The molecule has 0 amide bonds. The van der Waals surface area contributed by atoms with Crippen molar-refractivity contribution >= 4 is 45.5 Å². The van der Waals surface area contributed by atoms with Crippen molar-refractivity contribution < 1.29 is 9.59 Å². The number of fused-ring (bicyclic) bond motifs is 2. The first-order valence-electron chi connectivity index (χ1n) is 10.7. The molecule has 12 heteroatoms. The van der Waals surface area contributed by atoms with Crippen molar-refractivity contribution in [2.45, 2.75) is 0 Å². The third-order valence-corrected chi connectivity index (χ3v) is 5.33. The fourth-order valence-corrected chi connectivity index (χ4v) is 3.60. The summed E-state index contributed by atoms with van der Waals surface area (Å²) in [4.78, 5) is 34.2. The Morgan fingerprint density at radius 1 is 0.611 bits per heavy atom. The van der Waals surface area contributed by atoms with Gasteiger partial charge in [-0.2, -0.15) is 9.36 Å². The summed E-state index contributed by atoms with van der Waals surface area (Å²) in [6.45, 7) is 0. The van der Waals surface area contributed by atoms with Crippen LogP contribution in [0.25, 0.3) is 22.1 Å². The summed E-state index contributed by atoms with van der Waals surface area (Å²) < 4.78 is 2.44. The Morgan fingerprint density at radius 3 is 1.53 bits per heavy atom. The normalized spacial score (nSPS) is 11.4. The maximum absolute atomic E-state index is 13.0. The van der Waals surface area contributed by atoms with Gasteiger partial charge in [-0.1, -0.05) is 34.7 Å². The maximum atomic E-state index is 13.0. The molecule has 0 unspecified atom stereocenters. The molecule has 36 heavy (non-hydrogen) atoms. The number of nitrogens with zero attached hydrogens (tertiary/aromatic N) is 10. The zero-order chi connectivity index (χ0) is 24.5. The minimum atomic E-state index is -0.381. The van der Waals surface area contributed by atoms with Crippen LogP contribution in [-0.4, -0.2) is 51.8 Å². The quantitative estimate of drug-likeness (QED) is 0.351. The van der Waals surface area contributed by atoms with Crippen LogP contribution < -0.4 is 0 Å². The molecule has 0 saturated carbocycles. The molecule has 6 rings (SSSR count). The first-order chi connectivity index (χ1) is 17.7. The van der Waals surface area contributed by atoms with E-state index in [1.807, 2.05) is 12.1 Å². The summed E-state index contributed by atoms with van der Waals surface area (Å²) in [6.07, 6.45) is 2.90. The average Bonchev–Trinajstić information content (AvgIpc) is 3.56. The van der Waals surface area contributed by atoms with E-state index in [0.717, 1.165) is 0 Å². The number of hydrogen-bond donors (Lipinski definition) is 0. The van der Waals surface area contributed by atoms with Crippen molar-refractivity contribution in [2.75, 3.05) is 0 Å². The molecule has 0 saturated heterocycles. The Bertz CT molecular complexity index is 1670. The molecule has 6 aromatic rings. The van der Waals surface area contributed by atoms with Gasteiger partial charge in [0, 0.05) is 23.5 Å². The van der Waals surface area contributed by atoms with Gasteiger partial charge in [-0.25, -0.2) is 9.97 Å². The van der Waals surface area contributed by atoms with Gasteiger partial charge < -0.3 is 0 Å². The molecule has 0 spiro atoms. The van der Waals surface area contributed by atoms with E-state index >= 15 is 0 Å². The van der Waals surface area contributed by atoms with Crippen LogP contribution in [0.1, 0.15) is 20.7 Å². The number of azo groups is 1. The van der Waals surface area contributed by atoms with Crippen LogP contribution in [0.2, 0.25) is 0 Å². The molecule has 0 radical (unpaired) electrons. The first kappa shape index (κ1) is 21.0. The lowest BCUT2D eigenvalue weighted by atomic mass is 10.2. The van der Waals surface area contributed by atoms with E-state index in [1.165, 1.54) is 33.9 Å². The van der Waals surface area contributed by atoms with E-state index in [9.17, 15) is 9.59 Å². The summed E-state index contributed by atoms with van der Waals surface area (Å²) in [7, 11) is 0. The highest BCUT2D eigenvalue weighted by molar-refractivity contribution is 6.01. The smallest absolute Gasteiger partial charge is 0.267 e. The Kier molecular flexibility index (Phi) is 5.07. The molecule has 0 aliphatic rings. The van der Waals surface area contributed by atoms with Crippen molar-refractivity contribution in [1.29, 1.82) is 0 Å². The molecular formula is C24H14N10O2. The van der Waals surface area contributed by atoms with Crippen LogP contribution in [-0.2, 0) is 0 Å². The second-order valence-electron chi connectivity index (χ2n) is 7.60. The monoisotopic (exact) mass is 474 g/mol. The number of benzene rings is 2. The molecule has 0 N–H and O–H groups in total. The largest absolute Gasteiger partial charge is 0.280 e. The number of hydrogen-bond acceptors (Lipinski definition) is 10. The number of carbonyl (C=O) groups excluding carboxylic acids is 2.